The zero-order chi connectivity index (χ0) is 14.3. The first-order chi connectivity index (χ1) is 9.08. The van der Waals surface area contributed by atoms with E-state index in [4.69, 9.17) is 0 Å². The van der Waals surface area contributed by atoms with Gasteiger partial charge in [-0.25, -0.2) is 0 Å². The highest BCUT2D eigenvalue weighted by Crippen LogP contribution is 2.21. The van der Waals surface area contributed by atoms with Crippen molar-refractivity contribution in [2.75, 3.05) is 31.5 Å². The number of rotatable bonds is 8. The molecule has 0 aliphatic carbocycles. The Bertz CT molecular complexity index is 421. The Kier molecular flexibility index (Phi) is 6.29. The third-order valence-electron chi connectivity index (χ3n) is 3.16. The molecule has 0 amide bonds. The van der Waals surface area contributed by atoms with Crippen LogP contribution in [0.25, 0.3) is 0 Å². The molecule has 1 aromatic carbocycles. The molecule has 0 unspecified atom stereocenters. The minimum Gasteiger partial charge on any atom is -0.383 e. The predicted octanol–water partition coefficient (Wildman–Crippen LogP) is 3.05. The van der Waals surface area contributed by atoms with Gasteiger partial charge in [0.2, 0.25) is 0 Å². The summed E-state index contributed by atoms with van der Waals surface area (Å²) in [6.07, 6.45) is 1.14. The SMILES string of the molecule is CCCN(CC)CCNc1cc([N+](=O)[O-])ccc1C. The number of hydrogen-bond donors (Lipinski definition) is 1. The molecule has 1 aromatic rings. The predicted molar refractivity (Wildman–Crippen MR) is 78.7 cm³/mol. The van der Waals surface area contributed by atoms with Gasteiger partial charge in [-0.15, -0.1) is 0 Å². The van der Waals surface area contributed by atoms with Gasteiger partial charge < -0.3 is 10.2 Å². The first-order valence-corrected chi connectivity index (χ1v) is 6.79. The van der Waals surface area contributed by atoms with Gasteiger partial charge in [0.15, 0.2) is 0 Å². The summed E-state index contributed by atoms with van der Waals surface area (Å²) >= 11 is 0. The van der Waals surface area contributed by atoms with Crippen molar-refractivity contribution in [1.29, 1.82) is 0 Å². The summed E-state index contributed by atoms with van der Waals surface area (Å²) in [7, 11) is 0. The summed E-state index contributed by atoms with van der Waals surface area (Å²) in [6.45, 7) is 10.1. The molecule has 0 spiro atoms. The van der Waals surface area contributed by atoms with Gasteiger partial charge in [0.05, 0.1) is 4.92 Å². The molecular weight excluding hydrogens is 242 g/mol. The van der Waals surface area contributed by atoms with Gasteiger partial charge in [-0.05, 0) is 32.0 Å². The molecule has 0 heterocycles. The highest BCUT2D eigenvalue weighted by molar-refractivity contribution is 5.56. The van der Waals surface area contributed by atoms with Crippen LogP contribution in [0.1, 0.15) is 25.8 Å². The van der Waals surface area contributed by atoms with Crippen LogP contribution >= 0.6 is 0 Å². The van der Waals surface area contributed by atoms with E-state index in [9.17, 15) is 10.1 Å². The van der Waals surface area contributed by atoms with Crippen LogP contribution in [-0.2, 0) is 0 Å². The van der Waals surface area contributed by atoms with Crippen molar-refractivity contribution >= 4 is 11.4 Å². The number of nitrogens with zero attached hydrogens (tertiary/aromatic N) is 2. The van der Waals surface area contributed by atoms with E-state index in [2.05, 4.69) is 24.1 Å². The Morgan fingerprint density at radius 1 is 1.32 bits per heavy atom. The molecule has 0 bridgehead atoms. The van der Waals surface area contributed by atoms with E-state index in [0.29, 0.717) is 0 Å². The van der Waals surface area contributed by atoms with Gasteiger partial charge in [-0.2, -0.15) is 0 Å². The van der Waals surface area contributed by atoms with Crippen LogP contribution in [-0.4, -0.2) is 36.0 Å². The number of likely N-dealkylation sites (N-methyl/N-ethyl adjacent to an activating group) is 1. The molecule has 19 heavy (non-hydrogen) atoms. The average Bonchev–Trinajstić information content (AvgIpc) is 2.39. The fourth-order valence-electron chi connectivity index (χ4n) is 2.01. The number of nitro benzene ring substituents is 1. The maximum atomic E-state index is 10.7. The van der Waals surface area contributed by atoms with Gasteiger partial charge in [0, 0.05) is 30.9 Å². The molecule has 0 fully saturated rings. The summed E-state index contributed by atoms with van der Waals surface area (Å²) < 4.78 is 0. The summed E-state index contributed by atoms with van der Waals surface area (Å²) in [6, 6.07) is 4.92. The van der Waals surface area contributed by atoms with Gasteiger partial charge in [0.25, 0.3) is 5.69 Å². The Hall–Kier alpha value is -1.62. The largest absolute Gasteiger partial charge is 0.383 e. The topological polar surface area (TPSA) is 58.4 Å². The zero-order valence-corrected chi connectivity index (χ0v) is 12.0. The highest BCUT2D eigenvalue weighted by Gasteiger charge is 2.08. The van der Waals surface area contributed by atoms with Gasteiger partial charge in [0.1, 0.15) is 0 Å². The average molecular weight is 265 g/mol. The Balaban J connectivity index is 2.57. The van der Waals surface area contributed by atoms with Gasteiger partial charge in [-0.1, -0.05) is 19.9 Å². The second-order valence-electron chi connectivity index (χ2n) is 4.62. The first-order valence-electron chi connectivity index (χ1n) is 6.79. The minimum absolute atomic E-state index is 0.133. The first kappa shape index (κ1) is 15.4. The second-order valence-corrected chi connectivity index (χ2v) is 4.62. The number of anilines is 1. The zero-order valence-electron chi connectivity index (χ0n) is 12.0. The fourth-order valence-corrected chi connectivity index (χ4v) is 2.01. The van der Waals surface area contributed by atoms with Crippen molar-refractivity contribution in [2.24, 2.45) is 0 Å². The number of nitro groups is 1. The molecule has 0 aromatic heterocycles. The summed E-state index contributed by atoms with van der Waals surface area (Å²) in [5.74, 6) is 0. The van der Waals surface area contributed by atoms with E-state index in [-0.39, 0.29) is 10.6 Å². The van der Waals surface area contributed by atoms with Crippen LogP contribution in [0.3, 0.4) is 0 Å². The highest BCUT2D eigenvalue weighted by atomic mass is 16.6. The monoisotopic (exact) mass is 265 g/mol. The summed E-state index contributed by atoms with van der Waals surface area (Å²) in [4.78, 5) is 12.7. The lowest BCUT2D eigenvalue weighted by Crippen LogP contribution is -2.29. The van der Waals surface area contributed by atoms with Crippen molar-refractivity contribution in [2.45, 2.75) is 27.2 Å². The van der Waals surface area contributed by atoms with E-state index >= 15 is 0 Å². The smallest absolute Gasteiger partial charge is 0.271 e. The van der Waals surface area contributed by atoms with E-state index in [1.807, 2.05) is 6.92 Å². The minimum atomic E-state index is -0.361. The molecule has 0 saturated heterocycles. The van der Waals surface area contributed by atoms with E-state index in [0.717, 1.165) is 43.9 Å². The van der Waals surface area contributed by atoms with Crippen LogP contribution < -0.4 is 5.32 Å². The molecule has 0 aliphatic heterocycles. The van der Waals surface area contributed by atoms with Gasteiger partial charge >= 0.3 is 0 Å². The van der Waals surface area contributed by atoms with Crippen LogP contribution in [0.5, 0.6) is 0 Å². The lowest BCUT2D eigenvalue weighted by Gasteiger charge is -2.20. The third kappa shape index (κ3) is 4.87. The van der Waals surface area contributed by atoms with E-state index in [1.54, 1.807) is 12.1 Å². The molecule has 5 nitrogen and oxygen atoms in total. The normalized spacial score (nSPS) is 10.7. The van der Waals surface area contributed by atoms with Crippen molar-refractivity contribution in [1.82, 2.24) is 4.90 Å². The van der Waals surface area contributed by atoms with Crippen LogP contribution in [0.4, 0.5) is 11.4 Å². The van der Waals surface area contributed by atoms with Crippen LogP contribution in [0.2, 0.25) is 0 Å². The molecule has 0 atom stereocenters. The molecule has 0 aliphatic rings. The number of hydrogen-bond acceptors (Lipinski definition) is 4. The summed E-state index contributed by atoms with van der Waals surface area (Å²) in [5.41, 5.74) is 2.01. The van der Waals surface area contributed by atoms with Gasteiger partial charge in [-0.3, -0.25) is 10.1 Å². The molecular formula is C14H23N3O2. The van der Waals surface area contributed by atoms with Crippen LogP contribution in [0, 0.1) is 17.0 Å². The molecule has 1 rings (SSSR count). The Morgan fingerprint density at radius 3 is 2.63 bits per heavy atom. The van der Waals surface area contributed by atoms with E-state index in [1.165, 1.54) is 6.07 Å². The van der Waals surface area contributed by atoms with Crippen molar-refractivity contribution in [3.63, 3.8) is 0 Å². The maximum Gasteiger partial charge on any atom is 0.271 e. The quantitative estimate of drug-likeness (QED) is 0.579. The lowest BCUT2D eigenvalue weighted by atomic mass is 10.2. The van der Waals surface area contributed by atoms with Crippen molar-refractivity contribution in [3.05, 3.63) is 33.9 Å². The van der Waals surface area contributed by atoms with E-state index < -0.39 is 0 Å². The standard InChI is InChI=1S/C14H23N3O2/c1-4-9-16(5-2)10-8-15-14-11-13(17(18)19)7-6-12(14)3/h6-7,11,15H,4-5,8-10H2,1-3H3. The molecule has 0 radical (unpaired) electrons. The Morgan fingerprint density at radius 2 is 2.05 bits per heavy atom. The van der Waals surface area contributed by atoms with Crippen molar-refractivity contribution < 1.29 is 4.92 Å². The van der Waals surface area contributed by atoms with Crippen molar-refractivity contribution in [3.8, 4) is 0 Å². The second kappa shape index (κ2) is 7.74. The fraction of sp³-hybridized carbons (Fsp3) is 0.571. The number of benzene rings is 1. The Labute approximate surface area is 114 Å². The number of aryl methyl sites for hydroxylation is 1. The molecule has 5 heteroatoms. The maximum absolute atomic E-state index is 10.7. The molecule has 106 valence electrons. The number of non-ortho nitro benzene ring substituents is 1. The lowest BCUT2D eigenvalue weighted by molar-refractivity contribution is -0.384. The van der Waals surface area contributed by atoms with Crippen LogP contribution in [0.15, 0.2) is 18.2 Å². The summed E-state index contributed by atoms with van der Waals surface area (Å²) in [5, 5.41) is 14.0. The number of nitrogens with one attached hydrogen (secondary N) is 1. The molecule has 1 N–H and O–H groups in total. The molecule has 0 saturated carbocycles. The third-order valence-corrected chi connectivity index (χ3v) is 3.16.